The first kappa shape index (κ1) is 15.7. The Morgan fingerprint density at radius 3 is 2.50 bits per heavy atom. The number of amides is 2. The van der Waals surface area contributed by atoms with Crippen LogP contribution >= 0.6 is 0 Å². The number of likely N-dealkylation sites (N-methyl/N-ethyl adjacent to an activating group) is 1. The number of nitrogens with one attached hydrogen (secondary N) is 1. The molecule has 1 aromatic carbocycles. The van der Waals surface area contributed by atoms with Gasteiger partial charge in [0.1, 0.15) is 6.61 Å². The highest BCUT2D eigenvalue weighted by Crippen LogP contribution is 2.06. The highest BCUT2D eigenvalue weighted by molar-refractivity contribution is 5.83. The molecule has 0 aromatic heterocycles. The van der Waals surface area contributed by atoms with Crippen LogP contribution < -0.4 is 5.32 Å². The van der Waals surface area contributed by atoms with E-state index in [1.165, 1.54) is 6.92 Å². The van der Waals surface area contributed by atoms with E-state index < -0.39 is 0 Å². The molecule has 0 spiro atoms. The van der Waals surface area contributed by atoms with E-state index in [1.807, 2.05) is 24.3 Å². The predicted octanol–water partition coefficient (Wildman–Crippen LogP) is 0.125. The maximum Gasteiger partial charge on any atom is 0.242 e. The highest BCUT2D eigenvalue weighted by atomic mass is 16.2. The zero-order valence-electron chi connectivity index (χ0n) is 11.6. The molecule has 5 heteroatoms. The molecule has 2 N–H and O–H groups in total. The SMILES string of the molecule is CC(=O)NCC(=O)N(C)Cc1ccc(C#CCO)cc1. The van der Waals surface area contributed by atoms with Crippen molar-refractivity contribution in [2.75, 3.05) is 20.2 Å². The number of carbonyl (C=O) groups is 2. The number of rotatable bonds is 4. The normalized spacial score (nSPS) is 9.35. The lowest BCUT2D eigenvalue weighted by atomic mass is 10.1. The Morgan fingerprint density at radius 2 is 1.95 bits per heavy atom. The average Bonchev–Trinajstić information content (AvgIpc) is 2.43. The first-order valence-corrected chi connectivity index (χ1v) is 6.20. The summed E-state index contributed by atoms with van der Waals surface area (Å²) in [4.78, 5) is 24.0. The first-order chi connectivity index (χ1) is 9.52. The third-order valence-electron chi connectivity index (χ3n) is 2.60. The quantitative estimate of drug-likeness (QED) is 0.767. The van der Waals surface area contributed by atoms with Gasteiger partial charge in [-0.05, 0) is 17.7 Å². The van der Waals surface area contributed by atoms with Crippen molar-refractivity contribution in [3.05, 3.63) is 35.4 Å². The number of hydrogen-bond donors (Lipinski definition) is 2. The van der Waals surface area contributed by atoms with E-state index in [4.69, 9.17) is 5.11 Å². The molecule has 0 aliphatic carbocycles. The lowest BCUT2D eigenvalue weighted by Gasteiger charge is -2.17. The van der Waals surface area contributed by atoms with Gasteiger partial charge < -0.3 is 15.3 Å². The molecule has 0 unspecified atom stereocenters. The van der Waals surface area contributed by atoms with Gasteiger partial charge in [-0.3, -0.25) is 9.59 Å². The van der Waals surface area contributed by atoms with E-state index in [-0.39, 0.29) is 25.0 Å². The third-order valence-corrected chi connectivity index (χ3v) is 2.60. The molecule has 5 nitrogen and oxygen atoms in total. The summed E-state index contributed by atoms with van der Waals surface area (Å²) < 4.78 is 0. The van der Waals surface area contributed by atoms with Crippen LogP contribution in [0.25, 0.3) is 0 Å². The standard InChI is InChI=1S/C15H18N2O3/c1-12(19)16-10-15(20)17(2)11-14-7-5-13(6-8-14)4-3-9-18/h5-8,18H,9-11H2,1-2H3,(H,16,19). The second-order valence-electron chi connectivity index (χ2n) is 4.32. The van der Waals surface area contributed by atoms with Gasteiger partial charge in [-0.2, -0.15) is 0 Å². The van der Waals surface area contributed by atoms with E-state index >= 15 is 0 Å². The maximum absolute atomic E-state index is 11.7. The minimum absolute atomic E-state index is 0.00585. The fourth-order valence-electron chi connectivity index (χ4n) is 1.53. The summed E-state index contributed by atoms with van der Waals surface area (Å²) in [6, 6.07) is 7.43. The minimum atomic E-state index is -0.224. The van der Waals surface area contributed by atoms with Crippen LogP contribution in [-0.2, 0) is 16.1 Å². The second kappa shape index (κ2) is 7.97. The number of aliphatic hydroxyl groups is 1. The number of nitrogens with zero attached hydrogens (tertiary/aromatic N) is 1. The van der Waals surface area contributed by atoms with Crippen molar-refractivity contribution in [1.82, 2.24) is 10.2 Å². The molecular weight excluding hydrogens is 256 g/mol. The smallest absolute Gasteiger partial charge is 0.242 e. The van der Waals surface area contributed by atoms with Crippen molar-refractivity contribution in [3.8, 4) is 11.8 Å². The lowest BCUT2D eigenvalue weighted by molar-refractivity contribution is -0.131. The van der Waals surface area contributed by atoms with E-state index in [2.05, 4.69) is 17.2 Å². The van der Waals surface area contributed by atoms with Gasteiger partial charge in [0.05, 0.1) is 6.54 Å². The minimum Gasteiger partial charge on any atom is -0.384 e. The number of hydrogen-bond acceptors (Lipinski definition) is 3. The summed E-state index contributed by atoms with van der Waals surface area (Å²) in [5, 5.41) is 11.1. The molecule has 0 aliphatic heterocycles. The van der Waals surface area contributed by atoms with Crippen LogP contribution in [0.4, 0.5) is 0 Å². The number of carbonyl (C=O) groups excluding carboxylic acids is 2. The molecule has 2 amide bonds. The lowest BCUT2D eigenvalue weighted by Crippen LogP contribution is -2.36. The van der Waals surface area contributed by atoms with Crippen LogP contribution in [0.1, 0.15) is 18.1 Å². The molecule has 0 heterocycles. The molecule has 0 aliphatic rings. The molecule has 0 bridgehead atoms. The highest BCUT2D eigenvalue weighted by Gasteiger charge is 2.09. The summed E-state index contributed by atoms with van der Waals surface area (Å²) in [7, 11) is 1.68. The van der Waals surface area contributed by atoms with E-state index in [9.17, 15) is 9.59 Å². The van der Waals surface area contributed by atoms with E-state index in [0.717, 1.165) is 11.1 Å². The van der Waals surface area contributed by atoms with Crippen LogP contribution in [0.3, 0.4) is 0 Å². The molecule has 0 fully saturated rings. The summed E-state index contributed by atoms with van der Waals surface area (Å²) in [5.74, 6) is 5.00. The maximum atomic E-state index is 11.7. The summed E-state index contributed by atoms with van der Waals surface area (Å²) in [6.07, 6.45) is 0. The molecule has 106 valence electrons. The molecule has 0 saturated carbocycles. The van der Waals surface area contributed by atoms with Gasteiger partial charge in [0.2, 0.25) is 11.8 Å². The van der Waals surface area contributed by atoms with Crippen LogP contribution in [0, 0.1) is 11.8 Å². The zero-order chi connectivity index (χ0) is 15.0. The van der Waals surface area contributed by atoms with Crippen LogP contribution in [0.2, 0.25) is 0 Å². The molecule has 1 rings (SSSR count). The van der Waals surface area contributed by atoms with Gasteiger partial charge in [-0.1, -0.05) is 24.0 Å². The Bertz CT molecular complexity index is 526. The Kier molecular flexibility index (Phi) is 6.27. The molecule has 20 heavy (non-hydrogen) atoms. The molecule has 0 saturated heterocycles. The van der Waals surface area contributed by atoms with Crippen molar-refractivity contribution in [2.45, 2.75) is 13.5 Å². The first-order valence-electron chi connectivity index (χ1n) is 6.20. The molecule has 1 aromatic rings. The van der Waals surface area contributed by atoms with Gasteiger partial charge in [-0.15, -0.1) is 0 Å². The van der Waals surface area contributed by atoms with Gasteiger partial charge in [0.25, 0.3) is 0 Å². The molecular formula is C15H18N2O3. The van der Waals surface area contributed by atoms with E-state index in [1.54, 1.807) is 11.9 Å². The zero-order valence-corrected chi connectivity index (χ0v) is 11.6. The Hall–Kier alpha value is -2.32. The molecule has 0 radical (unpaired) electrons. The summed E-state index contributed by atoms with van der Waals surface area (Å²) >= 11 is 0. The third kappa shape index (κ3) is 5.55. The fraction of sp³-hybridized carbons (Fsp3) is 0.333. The van der Waals surface area contributed by atoms with Crippen molar-refractivity contribution < 1.29 is 14.7 Å². The Labute approximate surface area is 118 Å². The van der Waals surface area contributed by atoms with E-state index in [0.29, 0.717) is 6.54 Å². The monoisotopic (exact) mass is 274 g/mol. The largest absolute Gasteiger partial charge is 0.384 e. The van der Waals surface area contributed by atoms with Crippen LogP contribution in [-0.4, -0.2) is 42.0 Å². The predicted molar refractivity (Wildman–Crippen MR) is 75.6 cm³/mol. The Balaban J connectivity index is 2.55. The van der Waals surface area contributed by atoms with Crippen molar-refractivity contribution >= 4 is 11.8 Å². The van der Waals surface area contributed by atoms with Gasteiger partial charge in [0.15, 0.2) is 0 Å². The van der Waals surface area contributed by atoms with Gasteiger partial charge in [-0.25, -0.2) is 0 Å². The summed E-state index contributed by atoms with van der Waals surface area (Å²) in [5.41, 5.74) is 1.79. The van der Waals surface area contributed by atoms with Crippen LogP contribution in [0.15, 0.2) is 24.3 Å². The second-order valence-corrected chi connectivity index (χ2v) is 4.32. The fourth-order valence-corrected chi connectivity index (χ4v) is 1.53. The molecule has 0 atom stereocenters. The Morgan fingerprint density at radius 1 is 1.30 bits per heavy atom. The summed E-state index contributed by atoms with van der Waals surface area (Å²) in [6.45, 7) is 1.68. The average molecular weight is 274 g/mol. The van der Waals surface area contributed by atoms with Crippen molar-refractivity contribution in [1.29, 1.82) is 0 Å². The van der Waals surface area contributed by atoms with Gasteiger partial charge >= 0.3 is 0 Å². The van der Waals surface area contributed by atoms with Crippen molar-refractivity contribution in [3.63, 3.8) is 0 Å². The number of aliphatic hydroxyl groups excluding tert-OH is 1. The van der Waals surface area contributed by atoms with Crippen molar-refractivity contribution in [2.24, 2.45) is 0 Å². The van der Waals surface area contributed by atoms with Gasteiger partial charge in [0, 0.05) is 26.1 Å². The number of benzene rings is 1. The van der Waals surface area contributed by atoms with Crippen LogP contribution in [0.5, 0.6) is 0 Å². The topological polar surface area (TPSA) is 69.6 Å².